The summed E-state index contributed by atoms with van der Waals surface area (Å²) < 4.78 is 5.15. The number of thioether (sulfide) groups is 1. The Labute approximate surface area is 169 Å². The number of benzene rings is 2. The molecule has 0 saturated heterocycles. The lowest BCUT2D eigenvalue weighted by molar-refractivity contribution is -0.385. The van der Waals surface area contributed by atoms with Crippen LogP contribution in [0.1, 0.15) is 13.8 Å². The van der Waals surface area contributed by atoms with Crippen molar-refractivity contribution in [3.63, 3.8) is 0 Å². The van der Waals surface area contributed by atoms with E-state index < -0.39 is 33.1 Å². The first-order valence-corrected chi connectivity index (χ1v) is 9.22. The van der Waals surface area contributed by atoms with Crippen LogP contribution in [0.5, 0.6) is 0 Å². The first-order valence-electron chi connectivity index (χ1n) is 8.34. The van der Waals surface area contributed by atoms with Crippen molar-refractivity contribution in [2.75, 3.05) is 5.32 Å². The summed E-state index contributed by atoms with van der Waals surface area (Å²) in [5, 5.41) is 23.2. The van der Waals surface area contributed by atoms with Crippen molar-refractivity contribution in [2.24, 2.45) is 0 Å². The van der Waals surface area contributed by atoms with Gasteiger partial charge < -0.3 is 10.1 Å². The molecule has 0 aromatic heterocycles. The molecule has 1 N–H and O–H groups in total. The van der Waals surface area contributed by atoms with Crippen molar-refractivity contribution in [3.8, 4) is 0 Å². The van der Waals surface area contributed by atoms with Gasteiger partial charge in [-0.3, -0.25) is 29.8 Å². The van der Waals surface area contributed by atoms with Crippen LogP contribution in [0.3, 0.4) is 0 Å². The highest BCUT2D eigenvalue weighted by atomic mass is 32.2. The highest BCUT2D eigenvalue weighted by Gasteiger charge is 2.23. The maximum absolute atomic E-state index is 12.2. The van der Waals surface area contributed by atoms with Gasteiger partial charge >= 0.3 is 5.97 Å². The molecule has 0 spiro atoms. The van der Waals surface area contributed by atoms with Gasteiger partial charge in [-0.1, -0.05) is 0 Å². The van der Waals surface area contributed by atoms with E-state index in [4.69, 9.17) is 4.74 Å². The second-order valence-electron chi connectivity index (χ2n) is 5.88. The quantitative estimate of drug-likeness (QED) is 0.296. The van der Waals surface area contributed by atoms with Crippen LogP contribution in [-0.2, 0) is 14.3 Å². The summed E-state index contributed by atoms with van der Waals surface area (Å²) in [6.45, 7) is 3.00. The van der Waals surface area contributed by atoms with Gasteiger partial charge in [0.05, 0.1) is 9.85 Å². The molecule has 1 amide bonds. The van der Waals surface area contributed by atoms with E-state index in [1.54, 1.807) is 6.92 Å². The third kappa shape index (κ3) is 6.28. The smallest absolute Gasteiger partial charge is 0.319 e. The zero-order chi connectivity index (χ0) is 21.6. The van der Waals surface area contributed by atoms with E-state index in [2.05, 4.69) is 5.32 Å². The highest BCUT2D eigenvalue weighted by Crippen LogP contribution is 2.26. The molecule has 152 valence electrons. The summed E-state index contributed by atoms with van der Waals surface area (Å²) >= 11 is 1.14. The predicted octanol–water partition coefficient (Wildman–Crippen LogP) is 3.55. The second kappa shape index (κ2) is 9.64. The van der Waals surface area contributed by atoms with Crippen molar-refractivity contribution < 1.29 is 24.2 Å². The van der Waals surface area contributed by atoms with Gasteiger partial charge in [0.2, 0.25) is 0 Å². The fraction of sp³-hybridized carbons (Fsp3) is 0.222. The number of nitrogens with zero attached hydrogens (tertiary/aromatic N) is 2. The number of hydrogen-bond acceptors (Lipinski definition) is 8. The molecule has 2 atom stereocenters. The normalized spacial score (nSPS) is 12.5. The molecule has 0 bridgehead atoms. The molecule has 0 heterocycles. The largest absolute Gasteiger partial charge is 0.452 e. The number of carbonyl (C=O) groups is 2. The lowest BCUT2D eigenvalue weighted by atomic mass is 10.2. The van der Waals surface area contributed by atoms with Crippen LogP contribution >= 0.6 is 11.8 Å². The Bertz CT molecular complexity index is 916. The number of hydrogen-bond donors (Lipinski definition) is 1. The molecular formula is C18H17N3O7S. The summed E-state index contributed by atoms with van der Waals surface area (Å²) in [7, 11) is 0. The summed E-state index contributed by atoms with van der Waals surface area (Å²) in [5.41, 5.74) is 0.164. The maximum atomic E-state index is 12.2. The van der Waals surface area contributed by atoms with Gasteiger partial charge in [-0.25, -0.2) is 0 Å². The number of nitro benzene ring substituents is 2. The molecular weight excluding hydrogens is 402 g/mol. The zero-order valence-electron chi connectivity index (χ0n) is 15.4. The summed E-state index contributed by atoms with van der Waals surface area (Å²) in [4.78, 5) is 45.2. The number of nitro groups is 2. The number of carbonyl (C=O) groups excluding carboxylic acids is 2. The average Bonchev–Trinajstić information content (AvgIpc) is 2.68. The van der Waals surface area contributed by atoms with E-state index in [-0.39, 0.29) is 11.4 Å². The standard InChI is InChI=1S/C18H17N3O7S/c1-11(17(22)19-13-3-5-14(6-4-13)20(24)25)28-18(23)12(2)29-16-9-7-15(8-10-16)21(26)27/h3-12H,1-2H3,(H,19,22). The van der Waals surface area contributed by atoms with Crippen LogP contribution in [0.4, 0.5) is 17.1 Å². The molecule has 11 heteroatoms. The first-order chi connectivity index (χ1) is 13.7. The molecule has 0 fully saturated rings. The number of esters is 1. The first kappa shape index (κ1) is 21.8. The second-order valence-corrected chi connectivity index (χ2v) is 7.30. The van der Waals surface area contributed by atoms with Crippen LogP contribution in [-0.4, -0.2) is 33.1 Å². The van der Waals surface area contributed by atoms with E-state index in [9.17, 15) is 29.8 Å². The van der Waals surface area contributed by atoms with Crippen LogP contribution in [0.2, 0.25) is 0 Å². The molecule has 0 aliphatic carbocycles. The van der Waals surface area contributed by atoms with Crippen molar-refractivity contribution in [2.45, 2.75) is 30.1 Å². The number of ether oxygens (including phenoxy) is 1. The van der Waals surface area contributed by atoms with Crippen molar-refractivity contribution in [3.05, 3.63) is 68.8 Å². The van der Waals surface area contributed by atoms with Gasteiger partial charge in [-0.05, 0) is 38.1 Å². The summed E-state index contributed by atoms with van der Waals surface area (Å²) in [6, 6.07) is 11.0. The molecule has 2 rings (SSSR count). The highest BCUT2D eigenvalue weighted by molar-refractivity contribution is 8.00. The predicted molar refractivity (Wildman–Crippen MR) is 106 cm³/mol. The van der Waals surface area contributed by atoms with Gasteiger partial charge in [0, 0.05) is 34.8 Å². The number of non-ortho nitro benzene ring substituents is 2. The van der Waals surface area contributed by atoms with Crippen LogP contribution in [0, 0.1) is 20.2 Å². The minimum atomic E-state index is -1.09. The number of nitrogens with one attached hydrogen (secondary N) is 1. The monoisotopic (exact) mass is 419 g/mol. The van der Waals surface area contributed by atoms with Crippen molar-refractivity contribution in [1.29, 1.82) is 0 Å². The third-order valence-corrected chi connectivity index (χ3v) is 4.79. The number of amides is 1. The number of anilines is 1. The Morgan fingerprint density at radius 2 is 1.41 bits per heavy atom. The molecule has 0 saturated carbocycles. The molecule has 29 heavy (non-hydrogen) atoms. The molecule has 10 nitrogen and oxygen atoms in total. The molecule has 2 aromatic rings. The van der Waals surface area contributed by atoms with Crippen molar-refractivity contribution >= 4 is 40.7 Å². The molecule has 2 aromatic carbocycles. The van der Waals surface area contributed by atoms with Gasteiger partial charge in [-0.2, -0.15) is 0 Å². The van der Waals surface area contributed by atoms with Gasteiger partial charge in [0.25, 0.3) is 17.3 Å². The van der Waals surface area contributed by atoms with Gasteiger partial charge in [0.1, 0.15) is 5.25 Å². The van der Waals surface area contributed by atoms with Gasteiger partial charge in [0.15, 0.2) is 6.10 Å². The fourth-order valence-corrected chi connectivity index (χ4v) is 2.99. The SMILES string of the molecule is CC(OC(=O)C(C)Sc1ccc([N+](=O)[O-])cc1)C(=O)Nc1ccc([N+](=O)[O-])cc1. The Hall–Kier alpha value is -3.47. The topological polar surface area (TPSA) is 142 Å². The fourth-order valence-electron chi connectivity index (χ4n) is 2.13. The zero-order valence-corrected chi connectivity index (χ0v) is 16.3. The summed E-state index contributed by atoms with van der Waals surface area (Å²) in [5.74, 6) is -1.21. The van der Waals surface area contributed by atoms with Crippen molar-refractivity contribution in [1.82, 2.24) is 0 Å². The maximum Gasteiger partial charge on any atom is 0.319 e. The molecule has 0 aliphatic rings. The average molecular weight is 419 g/mol. The molecule has 0 radical (unpaired) electrons. The Balaban J connectivity index is 1.88. The molecule has 0 aliphatic heterocycles. The van der Waals surface area contributed by atoms with Crippen LogP contribution in [0.25, 0.3) is 0 Å². The lowest BCUT2D eigenvalue weighted by Crippen LogP contribution is -2.32. The van der Waals surface area contributed by atoms with E-state index >= 15 is 0 Å². The summed E-state index contributed by atoms with van der Waals surface area (Å²) in [6.07, 6.45) is -1.09. The number of rotatable bonds is 8. The molecule has 2 unspecified atom stereocenters. The Morgan fingerprint density at radius 3 is 1.90 bits per heavy atom. The van der Waals surface area contributed by atoms with E-state index in [1.807, 2.05) is 0 Å². The minimum Gasteiger partial charge on any atom is -0.452 e. The van der Waals surface area contributed by atoms with E-state index in [1.165, 1.54) is 55.5 Å². The van der Waals surface area contributed by atoms with Gasteiger partial charge in [-0.15, -0.1) is 11.8 Å². The van der Waals surface area contributed by atoms with Crippen LogP contribution in [0.15, 0.2) is 53.4 Å². The lowest BCUT2D eigenvalue weighted by Gasteiger charge is -2.16. The Kier molecular flexibility index (Phi) is 7.26. The van der Waals surface area contributed by atoms with E-state index in [0.717, 1.165) is 11.8 Å². The van der Waals surface area contributed by atoms with E-state index in [0.29, 0.717) is 10.6 Å². The third-order valence-electron chi connectivity index (χ3n) is 3.70. The Morgan fingerprint density at radius 1 is 0.931 bits per heavy atom. The van der Waals surface area contributed by atoms with Crippen LogP contribution < -0.4 is 5.32 Å². The minimum absolute atomic E-state index is 0.0545.